The number of esters is 2. The van der Waals surface area contributed by atoms with Crippen LogP contribution in [0.15, 0.2) is 73.1 Å². The van der Waals surface area contributed by atoms with Crippen molar-refractivity contribution in [3.05, 3.63) is 84.2 Å². The van der Waals surface area contributed by atoms with Crippen molar-refractivity contribution in [1.82, 2.24) is 19.6 Å². The smallest absolute Gasteiger partial charge is 0.343 e. The van der Waals surface area contributed by atoms with E-state index in [4.69, 9.17) is 9.47 Å². The van der Waals surface area contributed by atoms with Crippen molar-refractivity contribution in [2.75, 3.05) is 23.8 Å². The molecule has 2 amide bonds. The van der Waals surface area contributed by atoms with Gasteiger partial charge in [-0.25, -0.2) is 19.0 Å². The van der Waals surface area contributed by atoms with E-state index in [0.29, 0.717) is 11.4 Å². The van der Waals surface area contributed by atoms with E-state index in [9.17, 15) is 19.2 Å². The minimum absolute atomic E-state index is 0.0155. The molecule has 12 heteroatoms. The molecule has 0 aliphatic heterocycles. The van der Waals surface area contributed by atoms with E-state index >= 15 is 0 Å². The summed E-state index contributed by atoms with van der Waals surface area (Å²) in [5, 5.41) is 14.0. The van der Waals surface area contributed by atoms with Gasteiger partial charge >= 0.3 is 11.9 Å². The molecule has 0 unspecified atom stereocenters. The molecule has 0 atom stereocenters. The molecule has 0 aliphatic rings. The topological polar surface area (TPSA) is 146 Å². The number of aromatic nitrogens is 4. The van der Waals surface area contributed by atoms with Crippen molar-refractivity contribution < 1.29 is 28.7 Å². The van der Waals surface area contributed by atoms with Crippen LogP contribution >= 0.6 is 0 Å². The van der Waals surface area contributed by atoms with Gasteiger partial charge < -0.3 is 20.1 Å². The summed E-state index contributed by atoms with van der Waals surface area (Å²) < 4.78 is 13.1. The zero-order chi connectivity index (χ0) is 29.2. The SMILES string of the molecule is CCOC(=O)c1cnn(-c2ccccc2)c1NC(=O)CCCC(=O)Nc1c(C(=O)OCC)cnn1-c1ccccc1. The van der Waals surface area contributed by atoms with Gasteiger partial charge in [-0.05, 0) is 44.5 Å². The van der Waals surface area contributed by atoms with Gasteiger partial charge in [0.2, 0.25) is 11.8 Å². The maximum atomic E-state index is 12.9. The van der Waals surface area contributed by atoms with Crippen LogP contribution in [0.1, 0.15) is 53.8 Å². The van der Waals surface area contributed by atoms with Crippen LogP contribution in [-0.2, 0) is 19.1 Å². The number of amides is 2. The van der Waals surface area contributed by atoms with Gasteiger partial charge in [-0.2, -0.15) is 10.2 Å². The highest BCUT2D eigenvalue weighted by atomic mass is 16.5. The molecular weight excluding hydrogens is 528 g/mol. The summed E-state index contributed by atoms with van der Waals surface area (Å²) in [5.41, 5.74) is 1.51. The van der Waals surface area contributed by atoms with Gasteiger partial charge in [0.15, 0.2) is 11.6 Å². The molecule has 0 saturated carbocycles. The lowest BCUT2D eigenvalue weighted by Crippen LogP contribution is -2.20. The maximum absolute atomic E-state index is 12.9. The van der Waals surface area contributed by atoms with Crippen LogP contribution in [0.25, 0.3) is 11.4 Å². The van der Waals surface area contributed by atoms with Gasteiger partial charge in [-0.15, -0.1) is 0 Å². The molecule has 2 aromatic carbocycles. The summed E-state index contributed by atoms with van der Waals surface area (Å²) in [6.07, 6.45) is 2.84. The zero-order valence-electron chi connectivity index (χ0n) is 22.7. The number of carbonyl (C=O) groups excluding carboxylic acids is 4. The number of hydrogen-bond acceptors (Lipinski definition) is 8. The lowest BCUT2D eigenvalue weighted by atomic mass is 10.2. The number of ether oxygens (including phenoxy) is 2. The van der Waals surface area contributed by atoms with Crippen LogP contribution < -0.4 is 10.6 Å². The summed E-state index contributed by atoms with van der Waals surface area (Å²) >= 11 is 0. The molecule has 2 aromatic heterocycles. The van der Waals surface area contributed by atoms with E-state index < -0.39 is 23.8 Å². The second-order valence-electron chi connectivity index (χ2n) is 8.70. The van der Waals surface area contributed by atoms with Gasteiger partial charge in [0, 0.05) is 12.8 Å². The van der Waals surface area contributed by atoms with Crippen molar-refractivity contribution in [1.29, 1.82) is 0 Å². The van der Waals surface area contributed by atoms with E-state index in [1.807, 2.05) is 36.4 Å². The highest BCUT2D eigenvalue weighted by molar-refractivity contribution is 6.02. The molecule has 0 saturated heterocycles. The Morgan fingerprint density at radius 1 is 0.659 bits per heavy atom. The third kappa shape index (κ3) is 7.04. The molecule has 212 valence electrons. The fourth-order valence-corrected chi connectivity index (χ4v) is 3.98. The first-order valence-corrected chi connectivity index (χ1v) is 13.1. The van der Waals surface area contributed by atoms with E-state index in [1.165, 1.54) is 21.8 Å². The Morgan fingerprint density at radius 2 is 1.05 bits per heavy atom. The van der Waals surface area contributed by atoms with Gasteiger partial charge in [-0.3, -0.25) is 9.59 Å². The monoisotopic (exact) mass is 558 g/mol. The zero-order valence-corrected chi connectivity index (χ0v) is 22.7. The number of para-hydroxylation sites is 2. The Kier molecular flexibility index (Phi) is 9.60. The molecule has 0 bridgehead atoms. The second kappa shape index (κ2) is 13.7. The molecule has 0 aliphatic carbocycles. The number of nitrogens with one attached hydrogen (secondary N) is 2. The Hall–Kier alpha value is -5.26. The van der Waals surface area contributed by atoms with Crippen molar-refractivity contribution in [3.63, 3.8) is 0 Å². The van der Waals surface area contributed by atoms with Crippen molar-refractivity contribution in [2.24, 2.45) is 0 Å². The average Bonchev–Trinajstić information content (AvgIpc) is 3.58. The molecule has 2 N–H and O–H groups in total. The molecule has 0 radical (unpaired) electrons. The highest BCUT2D eigenvalue weighted by Crippen LogP contribution is 2.23. The van der Waals surface area contributed by atoms with Crippen LogP contribution in [0, 0.1) is 0 Å². The van der Waals surface area contributed by atoms with Gasteiger partial charge in [0.1, 0.15) is 11.1 Å². The molecule has 4 rings (SSSR count). The first-order valence-electron chi connectivity index (χ1n) is 13.1. The van der Waals surface area contributed by atoms with Gasteiger partial charge in [0.05, 0.1) is 37.0 Å². The molecule has 2 heterocycles. The minimum Gasteiger partial charge on any atom is -0.462 e. The molecule has 12 nitrogen and oxygen atoms in total. The number of rotatable bonds is 12. The highest BCUT2D eigenvalue weighted by Gasteiger charge is 2.23. The van der Waals surface area contributed by atoms with E-state index in [0.717, 1.165) is 0 Å². The van der Waals surface area contributed by atoms with E-state index in [-0.39, 0.29) is 55.2 Å². The lowest BCUT2D eigenvalue weighted by molar-refractivity contribution is -0.117. The van der Waals surface area contributed by atoms with Gasteiger partial charge in [0.25, 0.3) is 0 Å². The fraction of sp³-hybridized carbons (Fsp3) is 0.241. The van der Waals surface area contributed by atoms with E-state index in [2.05, 4.69) is 20.8 Å². The minimum atomic E-state index is -0.614. The number of anilines is 2. The normalized spacial score (nSPS) is 10.6. The summed E-state index contributed by atoms with van der Waals surface area (Å²) in [6.45, 7) is 3.70. The molecular formula is C29H30N6O6. The predicted molar refractivity (Wildman–Crippen MR) is 150 cm³/mol. The molecule has 0 fully saturated rings. The average molecular weight is 559 g/mol. The fourth-order valence-electron chi connectivity index (χ4n) is 3.98. The van der Waals surface area contributed by atoms with Crippen LogP contribution in [0.2, 0.25) is 0 Å². The predicted octanol–water partition coefficient (Wildman–Crippen LogP) is 4.16. The Labute approximate surface area is 236 Å². The summed E-state index contributed by atoms with van der Waals surface area (Å²) in [4.78, 5) is 50.7. The third-order valence-corrected chi connectivity index (χ3v) is 5.85. The van der Waals surface area contributed by atoms with Gasteiger partial charge in [-0.1, -0.05) is 36.4 Å². The van der Waals surface area contributed by atoms with Crippen LogP contribution in [-0.4, -0.2) is 56.5 Å². The largest absolute Gasteiger partial charge is 0.462 e. The van der Waals surface area contributed by atoms with Crippen molar-refractivity contribution in [2.45, 2.75) is 33.1 Å². The first kappa shape index (κ1) is 28.7. The molecule has 4 aromatic rings. The van der Waals surface area contributed by atoms with E-state index in [1.54, 1.807) is 38.1 Å². The quantitative estimate of drug-likeness (QED) is 0.247. The maximum Gasteiger partial charge on any atom is 0.343 e. The van der Waals surface area contributed by atoms with Crippen LogP contribution in [0.4, 0.5) is 11.6 Å². The summed E-state index contributed by atoms with van der Waals surface area (Å²) in [7, 11) is 0. The van der Waals surface area contributed by atoms with Crippen LogP contribution in [0.3, 0.4) is 0 Å². The van der Waals surface area contributed by atoms with Crippen molar-refractivity contribution >= 4 is 35.4 Å². The number of benzene rings is 2. The Morgan fingerprint density at radius 3 is 1.41 bits per heavy atom. The summed E-state index contributed by atoms with van der Waals surface area (Å²) in [5.74, 6) is -1.70. The summed E-state index contributed by atoms with van der Waals surface area (Å²) in [6, 6.07) is 18.0. The number of hydrogen-bond donors (Lipinski definition) is 2. The molecule has 0 spiro atoms. The van der Waals surface area contributed by atoms with Crippen molar-refractivity contribution in [3.8, 4) is 11.4 Å². The number of nitrogens with zero attached hydrogens (tertiary/aromatic N) is 4. The second-order valence-corrected chi connectivity index (χ2v) is 8.70. The van der Waals surface area contributed by atoms with Crippen LogP contribution in [0.5, 0.6) is 0 Å². The molecule has 41 heavy (non-hydrogen) atoms. The Balaban J connectivity index is 1.43. The lowest BCUT2D eigenvalue weighted by Gasteiger charge is -2.12. The first-order chi connectivity index (χ1) is 19.9. The third-order valence-electron chi connectivity index (χ3n) is 5.85. The number of carbonyl (C=O) groups is 4. The standard InChI is InChI=1S/C29H30N6O6/c1-3-40-28(38)22-18-30-34(20-12-7-5-8-13-20)26(22)32-24(36)16-11-17-25(37)33-27-23(29(39)41-4-2)19-31-35(27)21-14-9-6-10-15-21/h5-10,12-15,18-19H,3-4,11,16-17H2,1-2H3,(H,32,36)(H,33,37). The Bertz CT molecular complexity index is 1400.